The van der Waals surface area contributed by atoms with Crippen LogP contribution in [-0.4, -0.2) is 150 Å². The van der Waals surface area contributed by atoms with E-state index in [9.17, 15) is 13.2 Å². The van der Waals surface area contributed by atoms with Gasteiger partial charge in [0.05, 0.1) is 106 Å². The fraction of sp³-hybridized carbons (Fsp3) is 0.365. The van der Waals surface area contributed by atoms with Gasteiger partial charge in [0, 0.05) is 120 Å². The number of nitrogens with zero attached hydrogens (tertiary/aromatic N) is 15. The highest BCUT2D eigenvalue weighted by Crippen LogP contribution is 2.40. The Kier molecular flexibility index (Phi) is 17.1. The van der Waals surface area contributed by atoms with Crippen LogP contribution in [0.1, 0.15) is 49.1 Å². The fourth-order valence-corrected chi connectivity index (χ4v) is 10.5. The molecule has 0 bridgehead atoms. The van der Waals surface area contributed by atoms with Crippen LogP contribution in [0, 0.1) is 13.8 Å². The van der Waals surface area contributed by atoms with E-state index in [1.54, 1.807) is 66.7 Å². The third-order valence-electron chi connectivity index (χ3n) is 13.6. The summed E-state index contributed by atoms with van der Waals surface area (Å²) < 4.78 is 26.3. The van der Waals surface area contributed by atoms with Gasteiger partial charge in [-0.2, -0.15) is 5.10 Å². The Labute approximate surface area is 443 Å². The molecule has 1 saturated carbocycles. The monoisotopic (exact) mass is 1050 g/mol. The van der Waals surface area contributed by atoms with Crippen LogP contribution in [0.25, 0.3) is 11.4 Å². The van der Waals surface area contributed by atoms with Crippen LogP contribution in [0.2, 0.25) is 0 Å². The number of aromatic nitrogens is 10. The Morgan fingerprint density at radius 2 is 1.11 bits per heavy atom. The van der Waals surface area contributed by atoms with Gasteiger partial charge in [-0.1, -0.05) is 6.58 Å². The first-order valence-electron chi connectivity index (χ1n) is 25.1. The van der Waals surface area contributed by atoms with Crippen molar-refractivity contribution < 1.29 is 13.2 Å². The molecule has 76 heavy (non-hydrogen) atoms. The van der Waals surface area contributed by atoms with Gasteiger partial charge in [0.2, 0.25) is 5.91 Å². The maximum atomic E-state index is 11.6. The Morgan fingerprint density at radius 3 is 1.61 bits per heavy atom. The molecule has 11 heterocycles. The first-order valence-corrected chi connectivity index (χ1v) is 26.9. The second-order valence-corrected chi connectivity index (χ2v) is 21.3. The predicted molar refractivity (Wildman–Crippen MR) is 299 cm³/mol. The van der Waals surface area contributed by atoms with E-state index in [4.69, 9.17) is 28.7 Å². The van der Waals surface area contributed by atoms with Crippen molar-refractivity contribution in [1.82, 2.24) is 59.0 Å². The summed E-state index contributed by atoms with van der Waals surface area (Å²) in [6.07, 6.45) is 24.8. The summed E-state index contributed by atoms with van der Waals surface area (Å²) in [7, 11) is -0.770. The zero-order chi connectivity index (χ0) is 53.9. The number of sulfone groups is 1. The molecule has 400 valence electrons. The maximum absolute atomic E-state index is 11.6. The first kappa shape index (κ1) is 53.7. The van der Waals surface area contributed by atoms with Crippen molar-refractivity contribution in [2.45, 2.75) is 51.5 Å². The lowest BCUT2D eigenvalue weighted by atomic mass is 10.1. The van der Waals surface area contributed by atoms with E-state index in [1.807, 2.05) is 66.4 Å². The molecule has 0 radical (unpaired) electrons. The second kappa shape index (κ2) is 24.2. The quantitative estimate of drug-likeness (QED) is 0.158. The molecule has 5 aliphatic rings. The molecule has 4 aliphatic heterocycles. The van der Waals surface area contributed by atoms with Crippen molar-refractivity contribution in [2.24, 2.45) is 0 Å². The number of carbonyl (C=O) groups is 1. The van der Waals surface area contributed by atoms with E-state index in [0.717, 1.165) is 103 Å². The number of rotatable bonds is 6. The van der Waals surface area contributed by atoms with Crippen molar-refractivity contribution in [3.05, 3.63) is 134 Å². The predicted octanol–water partition coefficient (Wildman–Crippen LogP) is 3.89. The Hall–Kier alpha value is -8.54. The molecular weight excluding hydrogens is 985 g/mol. The number of likely N-dealkylation sites (N-methyl/N-ethyl adjacent to an activating group) is 1. The first-order chi connectivity index (χ1) is 36.6. The molecular formula is C52H68N20O3S. The average molecular weight is 1050 g/mol. The van der Waals surface area contributed by atoms with Gasteiger partial charge in [0.25, 0.3) is 0 Å². The number of anilines is 8. The summed E-state index contributed by atoms with van der Waals surface area (Å²) in [4.78, 5) is 50.6. The van der Waals surface area contributed by atoms with Gasteiger partial charge in [-0.05, 0) is 63.4 Å². The number of imidazole rings is 1. The lowest BCUT2D eigenvalue weighted by Gasteiger charge is -2.39. The molecule has 24 heteroatoms. The smallest absolute Gasteiger partial charge is 0.223 e. The van der Waals surface area contributed by atoms with Crippen LogP contribution in [0.15, 0.2) is 117 Å². The Bertz CT molecular complexity index is 3200. The number of nitrogens with two attached hydrogens (primary N) is 5. The van der Waals surface area contributed by atoms with Crippen molar-refractivity contribution >= 4 is 61.2 Å². The molecule has 0 unspecified atom stereocenters. The third-order valence-corrected chi connectivity index (χ3v) is 15.2. The number of hydrogen-bond acceptors (Lipinski definition) is 20. The topological polar surface area (TPSA) is 310 Å². The molecule has 10 N–H and O–H groups in total. The molecule has 0 spiro atoms. The number of hydrogen-bond donors (Lipinski definition) is 5. The van der Waals surface area contributed by atoms with Crippen molar-refractivity contribution in [1.29, 1.82) is 0 Å². The average Bonchev–Trinajstić information content (AvgIpc) is 3.88. The van der Waals surface area contributed by atoms with Crippen LogP contribution in [-0.2, 0) is 14.6 Å². The van der Waals surface area contributed by atoms with Crippen LogP contribution in [0.3, 0.4) is 0 Å². The lowest BCUT2D eigenvalue weighted by Crippen LogP contribution is -2.51. The normalized spacial score (nSPS) is 17.7. The van der Waals surface area contributed by atoms with E-state index >= 15 is 0 Å². The van der Waals surface area contributed by atoms with Gasteiger partial charge >= 0.3 is 0 Å². The number of amides is 1. The molecule has 5 fully saturated rings. The number of nitrogen functional groups attached to an aromatic ring is 5. The molecule has 7 aromatic heterocycles. The zero-order valence-corrected chi connectivity index (χ0v) is 44.1. The van der Waals surface area contributed by atoms with Gasteiger partial charge in [-0.25, -0.2) is 23.1 Å². The summed E-state index contributed by atoms with van der Waals surface area (Å²) in [6.45, 7) is 14.1. The SMILES string of the molecule is C=C1CN(c2ccncc2N)CCN1C.Cc1nc(C)n(-c2ccncc2N)n1.Nc1cnccc1-n1ccnc1C1CC1.Nc1cnccc1N1CCN2C(=O)CC[C@@H]2C1.Nc1cnccc1N1CCS(=O)(=O)CC1. The highest BCUT2D eigenvalue weighted by atomic mass is 32.2. The van der Waals surface area contributed by atoms with Crippen LogP contribution in [0.5, 0.6) is 0 Å². The number of piperazine rings is 2. The molecule has 1 atom stereocenters. The van der Waals surface area contributed by atoms with Crippen molar-refractivity contribution in [3.8, 4) is 11.4 Å². The van der Waals surface area contributed by atoms with Crippen LogP contribution < -0.4 is 43.4 Å². The molecule has 0 aromatic carbocycles. The van der Waals surface area contributed by atoms with Crippen molar-refractivity contribution in [2.75, 3.05) is 114 Å². The van der Waals surface area contributed by atoms with Gasteiger partial charge in [-0.3, -0.25) is 29.7 Å². The summed E-state index contributed by atoms with van der Waals surface area (Å²) in [5, 5.41) is 4.24. The minimum absolute atomic E-state index is 0.203. The summed E-state index contributed by atoms with van der Waals surface area (Å²) in [6, 6.07) is 9.81. The van der Waals surface area contributed by atoms with Gasteiger partial charge in [0.15, 0.2) is 9.84 Å². The number of carbonyl (C=O) groups excluding carboxylic acids is 1. The summed E-state index contributed by atoms with van der Waals surface area (Å²) in [5.74, 6) is 4.00. The number of pyridine rings is 5. The van der Waals surface area contributed by atoms with E-state index in [2.05, 4.69) is 72.9 Å². The van der Waals surface area contributed by atoms with Gasteiger partial charge in [-0.15, -0.1) is 0 Å². The van der Waals surface area contributed by atoms with E-state index in [0.29, 0.717) is 60.1 Å². The summed E-state index contributed by atoms with van der Waals surface area (Å²) >= 11 is 0. The minimum Gasteiger partial charge on any atom is -0.396 e. The van der Waals surface area contributed by atoms with Gasteiger partial charge < -0.3 is 57.7 Å². The molecule has 7 aromatic rings. The molecule has 12 rings (SSSR count). The minimum atomic E-state index is -2.83. The highest BCUT2D eigenvalue weighted by molar-refractivity contribution is 7.91. The molecule has 4 saturated heterocycles. The maximum Gasteiger partial charge on any atom is 0.223 e. The molecule has 23 nitrogen and oxygen atoms in total. The summed E-state index contributed by atoms with van der Waals surface area (Å²) in [5.41, 5.74) is 38.5. The highest BCUT2D eigenvalue weighted by Gasteiger charge is 2.36. The van der Waals surface area contributed by atoms with Crippen LogP contribution >= 0.6 is 0 Å². The number of fused-ring (bicyclic) bond motifs is 1. The largest absolute Gasteiger partial charge is 0.396 e. The van der Waals surface area contributed by atoms with E-state index in [1.165, 1.54) is 12.8 Å². The second-order valence-electron chi connectivity index (χ2n) is 19.0. The molecule has 1 amide bonds. The Morgan fingerprint density at radius 1 is 0.605 bits per heavy atom. The van der Waals surface area contributed by atoms with Crippen LogP contribution in [0.4, 0.5) is 45.5 Å². The standard InChI is InChI=1S/C12H16N4O.C11H12N4.C11H16N4.C9H11N5.C9H13N3O2S/c13-10-7-14-4-3-11(10)15-5-6-16-9(8-15)1-2-12(16)17;12-9-7-13-4-3-10(9)15-6-5-14-11(15)8-1-2-8;1-9-8-15(6-5-14(9)2)11-3-4-13-7-10(11)12;1-6-12-7(2)14(13-6)9-3-4-11-5-8(9)10;10-8-7-11-2-1-9(8)12-3-5-15(13,14)6-4-12/h3-4,7,9H,1-2,5-6,8,13H2;3-8H,1-2,12H2;3-4,7H,1,5-6,8,12H2,2H3;3-5H,10H2,1-2H3;1-2,7H,3-6,10H2/t9-;;;;/m1..../s1. The van der Waals surface area contributed by atoms with E-state index < -0.39 is 9.84 Å². The van der Waals surface area contributed by atoms with Gasteiger partial charge in [0.1, 0.15) is 17.5 Å². The van der Waals surface area contributed by atoms with Crippen molar-refractivity contribution in [3.63, 3.8) is 0 Å². The fourth-order valence-electron chi connectivity index (χ4n) is 9.28. The Balaban J connectivity index is 0.000000126. The third kappa shape index (κ3) is 13.4. The molecule has 1 aliphatic carbocycles. The number of aryl methyl sites for hydroxylation is 2. The zero-order valence-electron chi connectivity index (χ0n) is 43.3. The van der Waals surface area contributed by atoms with E-state index in [-0.39, 0.29) is 11.5 Å². The lowest BCUT2D eigenvalue weighted by molar-refractivity contribution is -0.129.